The topological polar surface area (TPSA) is 52.2 Å². The number of carbonyl (C=O) groups excluding carboxylic acids is 1. The molecule has 138 valence electrons. The number of amides is 1. The fourth-order valence-electron chi connectivity index (χ4n) is 3.41. The van der Waals surface area contributed by atoms with Crippen LogP contribution in [0.15, 0.2) is 54.7 Å². The molecule has 0 bridgehead atoms. The first-order valence-electron chi connectivity index (χ1n) is 9.02. The lowest BCUT2D eigenvalue weighted by atomic mass is 10.1. The van der Waals surface area contributed by atoms with Gasteiger partial charge in [-0.15, -0.1) is 0 Å². The molecule has 27 heavy (non-hydrogen) atoms. The van der Waals surface area contributed by atoms with E-state index in [-0.39, 0.29) is 5.91 Å². The molecule has 0 unspecified atom stereocenters. The van der Waals surface area contributed by atoms with E-state index in [0.29, 0.717) is 29.4 Å². The number of aromatic nitrogens is 2. The summed E-state index contributed by atoms with van der Waals surface area (Å²) in [4.78, 5) is 17.3. The molecule has 5 nitrogen and oxygen atoms in total. The van der Waals surface area contributed by atoms with Gasteiger partial charge in [-0.1, -0.05) is 41.4 Å². The largest absolute Gasteiger partial charge is 0.368 e. The van der Waals surface area contributed by atoms with Crippen molar-refractivity contribution in [3.8, 4) is 11.3 Å². The van der Waals surface area contributed by atoms with Gasteiger partial charge in [-0.05, 0) is 31.2 Å². The van der Waals surface area contributed by atoms with Crippen molar-refractivity contribution in [2.75, 3.05) is 31.1 Å². The Morgan fingerprint density at radius 1 is 1.07 bits per heavy atom. The third-order valence-corrected chi connectivity index (χ3v) is 5.18. The maximum absolute atomic E-state index is 13.0. The van der Waals surface area contributed by atoms with Gasteiger partial charge in [-0.25, -0.2) is 0 Å². The second-order valence-corrected chi connectivity index (χ2v) is 7.22. The number of nitrogens with zero attached hydrogens (tertiary/aromatic N) is 3. The second kappa shape index (κ2) is 7.45. The third kappa shape index (κ3) is 3.69. The highest BCUT2D eigenvalue weighted by molar-refractivity contribution is 6.30. The van der Waals surface area contributed by atoms with Crippen molar-refractivity contribution in [1.82, 2.24) is 15.1 Å². The minimum absolute atomic E-state index is 0.00211. The summed E-state index contributed by atoms with van der Waals surface area (Å²) in [6.45, 7) is 5.10. The molecule has 1 N–H and O–H groups in total. The van der Waals surface area contributed by atoms with Crippen molar-refractivity contribution in [2.45, 2.75) is 6.92 Å². The first-order valence-corrected chi connectivity index (χ1v) is 9.40. The van der Waals surface area contributed by atoms with Gasteiger partial charge < -0.3 is 9.80 Å². The van der Waals surface area contributed by atoms with Gasteiger partial charge in [-0.3, -0.25) is 9.89 Å². The Labute approximate surface area is 163 Å². The predicted molar refractivity (Wildman–Crippen MR) is 108 cm³/mol. The number of rotatable bonds is 3. The zero-order valence-corrected chi connectivity index (χ0v) is 15.9. The van der Waals surface area contributed by atoms with E-state index in [1.165, 1.54) is 11.3 Å². The Kier molecular flexibility index (Phi) is 4.86. The van der Waals surface area contributed by atoms with Gasteiger partial charge in [0, 0.05) is 42.5 Å². The summed E-state index contributed by atoms with van der Waals surface area (Å²) < 4.78 is 0. The average Bonchev–Trinajstić information content (AvgIpc) is 3.18. The van der Waals surface area contributed by atoms with Crippen molar-refractivity contribution < 1.29 is 4.79 Å². The number of carbonyl (C=O) groups is 1. The molecule has 1 saturated heterocycles. The number of benzene rings is 2. The quantitative estimate of drug-likeness (QED) is 0.747. The van der Waals surface area contributed by atoms with E-state index < -0.39 is 0 Å². The zero-order chi connectivity index (χ0) is 18.8. The van der Waals surface area contributed by atoms with Crippen LogP contribution in [0.25, 0.3) is 11.3 Å². The number of hydrogen-bond donors (Lipinski definition) is 1. The minimum atomic E-state index is 0.00211. The molecular weight excluding hydrogens is 360 g/mol. The number of aromatic amines is 1. The smallest absolute Gasteiger partial charge is 0.257 e. The first-order chi connectivity index (χ1) is 13.1. The van der Waals surface area contributed by atoms with Gasteiger partial charge in [0.15, 0.2) is 0 Å². The van der Waals surface area contributed by atoms with Crippen molar-refractivity contribution >= 4 is 23.2 Å². The molecule has 2 heterocycles. The fraction of sp³-hybridized carbons (Fsp3) is 0.238. The Morgan fingerprint density at radius 2 is 1.81 bits per heavy atom. The Balaban J connectivity index is 1.47. The molecule has 0 radical (unpaired) electrons. The van der Waals surface area contributed by atoms with E-state index in [4.69, 9.17) is 11.6 Å². The highest BCUT2D eigenvalue weighted by Gasteiger charge is 2.25. The summed E-state index contributed by atoms with van der Waals surface area (Å²) in [5, 5.41) is 7.66. The van der Waals surface area contributed by atoms with Gasteiger partial charge in [0.25, 0.3) is 5.91 Å². The molecule has 0 saturated carbocycles. The highest BCUT2D eigenvalue weighted by Crippen LogP contribution is 2.25. The molecule has 2 aromatic carbocycles. The Hall–Kier alpha value is -2.79. The number of nitrogens with one attached hydrogen (secondary N) is 1. The van der Waals surface area contributed by atoms with Gasteiger partial charge >= 0.3 is 0 Å². The molecule has 1 fully saturated rings. The van der Waals surface area contributed by atoms with Gasteiger partial charge in [0.1, 0.15) is 0 Å². The Bertz CT molecular complexity index is 943. The van der Waals surface area contributed by atoms with Crippen LogP contribution >= 0.6 is 11.6 Å². The molecule has 3 aromatic rings. The van der Waals surface area contributed by atoms with Crippen LogP contribution in [0.3, 0.4) is 0 Å². The lowest BCUT2D eigenvalue weighted by molar-refractivity contribution is 0.0747. The molecule has 0 spiro atoms. The lowest BCUT2D eigenvalue weighted by Crippen LogP contribution is -2.48. The number of anilines is 1. The molecule has 1 aliphatic heterocycles. The Morgan fingerprint density at radius 3 is 2.52 bits per heavy atom. The molecule has 1 aromatic heterocycles. The SMILES string of the molecule is Cc1ccc(N2CCN(C(=O)c3cn[nH]c3-c3cccc(Cl)c3)CC2)cc1. The molecule has 6 heteroatoms. The number of piperazine rings is 1. The van der Waals surface area contributed by atoms with Crippen molar-refractivity contribution in [3.63, 3.8) is 0 Å². The number of H-pyrrole nitrogens is 1. The van der Waals surface area contributed by atoms with Crippen LogP contribution in [0.2, 0.25) is 5.02 Å². The van der Waals surface area contributed by atoms with Crippen molar-refractivity contribution in [2.24, 2.45) is 0 Å². The van der Waals surface area contributed by atoms with E-state index >= 15 is 0 Å². The van der Waals surface area contributed by atoms with Crippen LogP contribution in [0.1, 0.15) is 15.9 Å². The summed E-state index contributed by atoms with van der Waals surface area (Å²) in [6, 6.07) is 16.0. The van der Waals surface area contributed by atoms with Crippen LogP contribution in [-0.2, 0) is 0 Å². The maximum atomic E-state index is 13.0. The van der Waals surface area contributed by atoms with Gasteiger partial charge in [0.2, 0.25) is 0 Å². The van der Waals surface area contributed by atoms with Crippen molar-refractivity contribution in [3.05, 3.63) is 70.9 Å². The van der Waals surface area contributed by atoms with E-state index in [1.54, 1.807) is 6.20 Å². The summed E-state index contributed by atoms with van der Waals surface area (Å²) >= 11 is 6.09. The predicted octanol–water partition coefficient (Wildman–Crippen LogP) is 4.00. The fourth-order valence-corrected chi connectivity index (χ4v) is 3.60. The van der Waals surface area contributed by atoms with Gasteiger partial charge in [-0.2, -0.15) is 5.10 Å². The second-order valence-electron chi connectivity index (χ2n) is 6.78. The van der Waals surface area contributed by atoms with Gasteiger partial charge in [0.05, 0.1) is 17.5 Å². The minimum Gasteiger partial charge on any atom is -0.368 e. The standard InChI is InChI=1S/C21H21ClN4O/c1-15-5-7-18(8-6-15)25-9-11-26(12-10-25)21(27)19-14-23-24-20(19)16-3-2-4-17(22)13-16/h2-8,13-14H,9-12H2,1H3,(H,23,24). The van der Waals surface area contributed by atoms with E-state index in [2.05, 4.69) is 46.3 Å². The molecular formula is C21H21ClN4O. The summed E-state index contributed by atoms with van der Waals surface area (Å²) in [5.41, 5.74) is 4.61. The first kappa shape index (κ1) is 17.6. The third-order valence-electron chi connectivity index (χ3n) is 4.95. The monoisotopic (exact) mass is 380 g/mol. The van der Waals surface area contributed by atoms with E-state index in [9.17, 15) is 4.79 Å². The number of hydrogen-bond acceptors (Lipinski definition) is 3. The van der Waals surface area contributed by atoms with E-state index in [1.807, 2.05) is 29.2 Å². The van der Waals surface area contributed by atoms with Crippen LogP contribution in [0, 0.1) is 6.92 Å². The average molecular weight is 381 g/mol. The molecule has 1 amide bonds. The molecule has 0 atom stereocenters. The van der Waals surface area contributed by atoms with Crippen molar-refractivity contribution in [1.29, 1.82) is 0 Å². The number of halogens is 1. The normalized spacial score (nSPS) is 14.4. The summed E-state index contributed by atoms with van der Waals surface area (Å²) in [6.07, 6.45) is 1.60. The zero-order valence-electron chi connectivity index (χ0n) is 15.2. The number of aryl methyl sites for hydroxylation is 1. The van der Waals surface area contributed by atoms with Crippen LogP contribution in [0.4, 0.5) is 5.69 Å². The molecule has 0 aliphatic carbocycles. The van der Waals surface area contributed by atoms with Crippen LogP contribution < -0.4 is 4.90 Å². The molecule has 1 aliphatic rings. The maximum Gasteiger partial charge on any atom is 0.257 e. The summed E-state index contributed by atoms with van der Waals surface area (Å²) in [5.74, 6) is 0.00211. The highest BCUT2D eigenvalue weighted by atomic mass is 35.5. The molecule has 4 rings (SSSR count). The van der Waals surface area contributed by atoms with Crippen LogP contribution in [-0.4, -0.2) is 47.2 Å². The summed E-state index contributed by atoms with van der Waals surface area (Å²) in [7, 11) is 0. The lowest BCUT2D eigenvalue weighted by Gasteiger charge is -2.36. The van der Waals surface area contributed by atoms with Crippen LogP contribution in [0.5, 0.6) is 0 Å². The van der Waals surface area contributed by atoms with E-state index in [0.717, 1.165) is 18.7 Å².